The van der Waals surface area contributed by atoms with E-state index in [1.807, 2.05) is 0 Å². The quantitative estimate of drug-likeness (QED) is 0.855. The predicted molar refractivity (Wildman–Crippen MR) is 82.1 cm³/mol. The molecule has 106 valence electrons. The summed E-state index contributed by atoms with van der Waals surface area (Å²) in [6.45, 7) is 8.20. The number of likely N-dealkylation sites (tertiary alicyclic amines) is 1. The normalized spacial score (nSPS) is 30.3. The fraction of sp³-hybridized carbons (Fsp3) is 1.00. The van der Waals surface area contributed by atoms with Crippen LogP contribution >= 0.6 is 11.8 Å². The van der Waals surface area contributed by atoms with E-state index in [4.69, 9.17) is 5.73 Å². The summed E-state index contributed by atoms with van der Waals surface area (Å²) in [4.78, 5) is 2.76. The van der Waals surface area contributed by atoms with Crippen LogP contribution in [0.4, 0.5) is 0 Å². The van der Waals surface area contributed by atoms with Gasteiger partial charge in [0, 0.05) is 12.1 Å². The molecule has 0 spiro atoms. The SMILES string of the molecule is CC(C)C1CCCN(C2(CN)CCSCC2)CC1. The molecule has 2 nitrogen and oxygen atoms in total. The van der Waals surface area contributed by atoms with Crippen LogP contribution < -0.4 is 5.73 Å². The lowest BCUT2D eigenvalue weighted by Crippen LogP contribution is -2.56. The van der Waals surface area contributed by atoms with Crippen molar-refractivity contribution in [2.24, 2.45) is 17.6 Å². The molecule has 2 saturated heterocycles. The van der Waals surface area contributed by atoms with E-state index < -0.39 is 0 Å². The van der Waals surface area contributed by atoms with E-state index in [1.54, 1.807) is 0 Å². The van der Waals surface area contributed by atoms with E-state index in [0.29, 0.717) is 5.54 Å². The van der Waals surface area contributed by atoms with Crippen LogP contribution in [0.3, 0.4) is 0 Å². The van der Waals surface area contributed by atoms with Crippen molar-refractivity contribution in [2.45, 2.75) is 51.5 Å². The first kappa shape index (κ1) is 14.7. The van der Waals surface area contributed by atoms with Gasteiger partial charge in [0.15, 0.2) is 0 Å². The summed E-state index contributed by atoms with van der Waals surface area (Å²) < 4.78 is 0. The highest BCUT2D eigenvalue weighted by atomic mass is 32.2. The van der Waals surface area contributed by atoms with Gasteiger partial charge in [0.2, 0.25) is 0 Å². The molecule has 0 aromatic rings. The Morgan fingerprint density at radius 2 is 1.94 bits per heavy atom. The first-order valence-corrected chi connectivity index (χ1v) is 8.86. The Balaban J connectivity index is 1.99. The van der Waals surface area contributed by atoms with Gasteiger partial charge in [-0.15, -0.1) is 0 Å². The van der Waals surface area contributed by atoms with Crippen LogP contribution in [0.25, 0.3) is 0 Å². The summed E-state index contributed by atoms with van der Waals surface area (Å²) in [6.07, 6.45) is 6.79. The van der Waals surface area contributed by atoms with Crippen molar-refractivity contribution in [1.82, 2.24) is 4.90 Å². The Morgan fingerprint density at radius 3 is 2.56 bits per heavy atom. The predicted octanol–water partition coefficient (Wildman–Crippen LogP) is 2.97. The van der Waals surface area contributed by atoms with Crippen molar-refractivity contribution in [3.05, 3.63) is 0 Å². The van der Waals surface area contributed by atoms with Crippen LogP contribution in [-0.4, -0.2) is 41.6 Å². The van der Waals surface area contributed by atoms with Gasteiger partial charge in [-0.05, 0) is 68.5 Å². The molecule has 0 aromatic carbocycles. The van der Waals surface area contributed by atoms with E-state index in [-0.39, 0.29) is 0 Å². The molecular weight excluding hydrogens is 240 g/mol. The van der Waals surface area contributed by atoms with Gasteiger partial charge in [0.05, 0.1) is 0 Å². The minimum atomic E-state index is 0.344. The molecule has 2 fully saturated rings. The highest BCUT2D eigenvalue weighted by molar-refractivity contribution is 7.99. The Hall–Kier alpha value is 0.270. The standard InChI is InChI=1S/C15H30N2S/c1-13(2)14-4-3-8-17(9-5-14)15(12-16)6-10-18-11-7-15/h13-14H,3-12,16H2,1-2H3. The number of hydrogen-bond acceptors (Lipinski definition) is 3. The third-order valence-corrected chi connectivity index (χ3v) is 6.18. The third kappa shape index (κ3) is 3.23. The summed E-state index contributed by atoms with van der Waals surface area (Å²) >= 11 is 2.10. The van der Waals surface area contributed by atoms with Gasteiger partial charge < -0.3 is 5.73 Å². The Kier molecular flexibility index (Phi) is 5.40. The topological polar surface area (TPSA) is 29.3 Å². The molecule has 0 aliphatic carbocycles. The molecule has 18 heavy (non-hydrogen) atoms. The minimum absolute atomic E-state index is 0.344. The van der Waals surface area contributed by atoms with Gasteiger partial charge in [-0.25, -0.2) is 0 Å². The van der Waals surface area contributed by atoms with Crippen molar-refractivity contribution in [2.75, 3.05) is 31.1 Å². The van der Waals surface area contributed by atoms with Crippen molar-refractivity contribution >= 4 is 11.8 Å². The molecule has 0 radical (unpaired) electrons. The van der Waals surface area contributed by atoms with Crippen LogP contribution in [0.5, 0.6) is 0 Å². The molecule has 2 N–H and O–H groups in total. The maximum absolute atomic E-state index is 6.16. The molecule has 2 aliphatic rings. The number of hydrogen-bond donors (Lipinski definition) is 1. The first-order chi connectivity index (χ1) is 8.68. The molecule has 1 unspecified atom stereocenters. The van der Waals surface area contributed by atoms with Crippen LogP contribution in [-0.2, 0) is 0 Å². The van der Waals surface area contributed by atoms with Crippen molar-refractivity contribution in [3.8, 4) is 0 Å². The minimum Gasteiger partial charge on any atom is -0.329 e. The second-order valence-corrected chi connectivity index (χ2v) is 7.69. The number of nitrogens with two attached hydrogens (primary N) is 1. The zero-order valence-electron chi connectivity index (χ0n) is 12.2. The average Bonchev–Trinajstić information content (AvgIpc) is 2.65. The van der Waals surface area contributed by atoms with Gasteiger partial charge in [-0.2, -0.15) is 11.8 Å². The largest absolute Gasteiger partial charge is 0.329 e. The summed E-state index contributed by atoms with van der Waals surface area (Å²) in [5.74, 6) is 4.39. The van der Waals surface area contributed by atoms with E-state index in [0.717, 1.165) is 18.4 Å². The van der Waals surface area contributed by atoms with Crippen LogP contribution in [0, 0.1) is 11.8 Å². The van der Waals surface area contributed by atoms with Crippen LogP contribution in [0.1, 0.15) is 46.0 Å². The molecule has 0 bridgehead atoms. The molecule has 0 amide bonds. The maximum atomic E-state index is 6.16. The highest BCUT2D eigenvalue weighted by Crippen LogP contribution is 2.35. The molecule has 2 heterocycles. The second-order valence-electron chi connectivity index (χ2n) is 6.46. The zero-order valence-corrected chi connectivity index (χ0v) is 13.0. The Morgan fingerprint density at radius 1 is 1.22 bits per heavy atom. The summed E-state index contributed by atoms with van der Waals surface area (Å²) in [5, 5.41) is 0. The summed E-state index contributed by atoms with van der Waals surface area (Å²) in [6, 6.07) is 0. The molecule has 0 aromatic heterocycles. The van der Waals surface area contributed by atoms with E-state index in [1.165, 1.54) is 56.7 Å². The van der Waals surface area contributed by atoms with E-state index >= 15 is 0 Å². The second kappa shape index (κ2) is 6.62. The van der Waals surface area contributed by atoms with Crippen molar-refractivity contribution in [3.63, 3.8) is 0 Å². The lowest BCUT2D eigenvalue weighted by atomic mass is 9.88. The zero-order chi connectivity index (χ0) is 13.0. The van der Waals surface area contributed by atoms with Gasteiger partial charge >= 0.3 is 0 Å². The fourth-order valence-electron chi connectivity index (χ4n) is 3.66. The van der Waals surface area contributed by atoms with Crippen LogP contribution in [0.15, 0.2) is 0 Å². The number of nitrogens with zero attached hydrogens (tertiary/aromatic N) is 1. The summed E-state index contributed by atoms with van der Waals surface area (Å²) in [5.41, 5.74) is 6.51. The lowest BCUT2D eigenvalue weighted by molar-refractivity contribution is 0.0865. The monoisotopic (exact) mass is 270 g/mol. The van der Waals surface area contributed by atoms with Crippen LogP contribution in [0.2, 0.25) is 0 Å². The van der Waals surface area contributed by atoms with Gasteiger partial charge in [-0.1, -0.05) is 13.8 Å². The van der Waals surface area contributed by atoms with Gasteiger partial charge in [0.25, 0.3) is 0 Å². The smallest absolute Gasteiger partial charge is 0.0347 e. The number of rotatable bonds is 3. The molecule has 1 atom stereocenters. The third-order valence-electron chi connectivity index (χ3n) is 5.19. The van der Waals surface area contributed by atoms with Crippen molar-refractivity contribution < 1.29 is 0 Å². The van der Waals surface area contributed by atoms with Gasteiger partial charge in [0.1, 0.15) is 0 Å². The summed E-state index contributed by atoms with van der Waals surface area (Å²) in [7, 11) is 0. The molecular formula is C15H30N2S. The Labute approximate surface area is 117 Å². The molecule has 0 saturated carbocycles. The van der Waals surface area contributed by atoms with E-state index in [9.17, 15) is 0 Å². The molecule has 2 rings (SSSR count). The Bertz CT molecular complexity index is 249. The molecule has 3 heteroatoms. The van der Waals surface area contributed by atoms with Crippen molar-refractivity contribution in [1.29, 1.82) is 0 Å². The number of thioether (sulfide) groups is 1. The average molecular weight is 270 g/mol. The lowest BCUT2D eigenvalue weighted by Gasteiger charge is -2.45. The van der Waals surface area contributed by atoms with Gasteiger partial charge in [-0.3, -0.25) is 4.90 Å². The first-order valence-electron chi connectivity index (χ1n) is 7.71. The maximum Gasteiger partial charge on any atom is 0.0347 e. The molecule has 2 aliphatic heterocycles. The van der Waals surface area contributed by atoms with E-state index in [2.05, 4.69) is 30.5 Å². The fourth-order valence-corrected chi connectivity index (χ4v) is 4.92. The highest BCUT2D eigenvalue weighted by Gasteiger charge is 2.37.